The molecule has 0 fully saturated rings. The van der Waals surface area contributed by atoms with Crippen molar-refractivity contribution in [2.75, 3.05) is 24.8 Å². The summed E-state index contributed by atoms with van der Waals surface area (Å²) in [7, 11) is -6.63. The molecule has 0 saturated carbocycles. The lowest BCUT2D eigenvalue weighted by molar-refractivity contribution is -0.138. The summed E-state index contributed by atoms with van der Waals surface area (Å²) in [5, 5.41) is 9.80. The fraction of sp³-hybridized carbons (Fsp3) is 0.458. The highest BCUT2D eigenvalue weighted by molar-refractivity contribution is 7.89. The Bertz CT molecular complexity index is 1170. The number of carboxylic acid groups (broad SMARTS) is 1. The summed E-state index contributed by atoms with van der Waals surface area (Å²) < 4.78 is 46.4. The maximum absolute atomic E-state index is 13.4. The van der Waals surface area contributed by atoms with Crippen LogP contribution in [-0.4, -0.2) is 49.2 Å². The highest BCUT2D eigenvalue weighted by atomic mass is 32.2. The molecule has 0 aliphatic carbocycles. The van der Waals surface area contributed by atoms with Crippen LogP contribution in [0.4, 0.5) is 5.69 Å². The van der Waals surface area contributed by atoms with Gasteiger partial charge >= 0.3 is 5.97 Å². The molecule has 0 radical (unpaired) electrons. The number of benzene rings is 2. The van der Waals surface area contributed by atoms with E-state index < -0.39 is 47.1 Å². The molecule has 0 aliphatic heterocycles. The first kappa shape index (κ1) is 28.8. The van der Waals surface area contributed by atoms with Gasteiger partial charge in [-0.1, -0.05) is 38.1 Å². The third-order valence-electron chi connectivity index (χ3n) is 5.94. The number of aliphatic carboxylic acids is 1. The Morgan fingerprint density at radius 1 is 1.17 bits per heavy atom. The molecule has 0 bridgehead atoms. The first-order chi connectivity index (χ1) is 16.3. The van der Waals surface area contributed by atoms with Crippen LogP contribution in [0.25, 0.3) is 0 Å². The highest BCUT2D eigenvalue weighted by Gasteiger charge is 2.40. The van der Waals surface area contributed by atoms with Gasteiger partial charge in [0.1, 0.15) is 11.5 Å². The summed E-state index contributed by atoms with van der Waals surface area (Å²) in [6.07, 6.45) is 0.191. The molecule has 3 unspecified atom stereocenters. The van der Waals surface area contributed by atoms with Crippen molar-refractivity contribution in [3.8, 4) is 5.75 Å². The van der Waals surface area contributed by atoms with E-state index in [2.05, 4.69) is 4.72 Å². The van der Waals surface area contributed by atoms with Crippen LogP contribution in [0.15, 0.2) is 42.5 Å². The molecule has 9 nitrogen and oxygen atoms in total. The molecular formula is C24H35N2O7PS. The largest absolute Gasteiger partial charge is 0.497 e. The van der Waals surface area contributed by atoms with E-state index in [1.165, 1.54) is 0 Å². The van der Waals surface area contributed by atoms with E-state index in [1.807, 2.05) is 12.1 Å². The second kappa shape index (κ2) is 12.0. The summed E-state index contributed by atoms with van der Waals surface area (Å²) in [5.41, 5.74) is 8.05. The molecule has 2 rings (SSSR count). The van der Waals surface area contributed by atoms with Crippen molar-refractivity contribution in [1.29, 1.82) is 0 Å². The molecule has 2 aromatic rings. The Balaban J connectivity index is 2.15. The number of rotatable bonds is 13. The molecular weight excluding hydrogens is 491 g/mol. The lowest BCUT2D eigenvalue weighted by atomic mass is 9.95. The van der Waals surface area contributed by atoms with Gasteiger partial charge in [0.15, 0.2) is 0 Å². The van der Waals surface area contributed by atoms with Gasteiger partial charge in [-0.05, 0) is 60.6 Å². The minimum absolute atomic E-state index is 0.237. The number of carbonyl (C=O) groups is 1. The van der Waals surface area contributed by atoms with Gasteiger partial charge in [0, 0.05) is 11.8 Å². The van der Waals surface area contributed by atoms with Crippen LogP contribution in [0, 0.1) is 12.8 Å². The molecule has 2 aromatic carbocycles. The van der Waals surface area contributed by atoms with E-state index in [9.17, 15) is 27.8 Å². The maximum Gasteiger partial charge on any atom is 0.311 e. The SMILES string of the molecule is COc1ccc(CCCS(=O)(=O)NC(C(C)C)P(=O)(O)CC(C(=O)O)c2cccc(N)c2C)cc1. The third-order valence-corrected chi connectivity index (χ3v) is 10.0. The quantitative estimate of drug-likeness (QED) is 0.228. The van der Waals surface area contributed by atoms with E-state index in [-0.39, 0.29) is 5.75 Å². The lowest BCUT2D eigenvalue weighted by Gasteiger charge is -2.29. The molecule has 0 aromatic heterocycles. The Kier molecular flexibility index (Phi) is 9.92. The number of sulfonamides is 1. The standard InChI is InChI=1S/C24H35N2O7PS/c1-16(2)23(26-35(31,32)14-6-7-18-10-12-19(33-4)13-11-18)34(29,30)15-21(24(27)28)20-8-5-9-22(25)17(20)3/h5,8-13,16,21,23,26H,6-7,14-15,25H2,1-4H3,(H,27,28)(H,29,30). The predicted molar refractivity (Wildman–Crippen MR) is 138 cm³/mol. The number of nitrogens with one attached hydrogen (secondary N) is 1. The van der Waals surface area contributed by atoms with Gasteiger partial charge in [-0.15, -0.1) is 0 Å². The third kappa shape index (κ3) is 8.07. The van der Waals surface area contributed by atoms with Gasteiger partial charge in [0.25, 0.3) is 0 Å². The minimum atomic E-state index is -4.29. The van der Waals surface area contributed by atoms with Crippen molar-refractivity contribution in [2.24, 2.45) is 5.92 Å². The number of aryl methyl sites for hydroxylation is 1. The summed E-state index contributed by atoms with van der Waals surface area (Å²) in [6, 6.07) is 12.0. The van der Waals surface area contributed by atoms with E-state index in [4.69, 9.17) is 10.5 Å². The number of hydrogen-bond donors (Lipinski definition) is 4. The molecule has 0 spiro atoms. The lowest BCUT2D eigenvalue weighted by Crippen LogP contribution is -2.41. The topological polar surface area (TPSA) is 156 Å². The zero-order chi connectivity index (χ0) is 26.4. The zero-order valence-corrected chi connectivity index (χ0v) is 22.2. The van der Waals surface area contributed by atoms with Gasteiger partial charge < -0.3 is 20.5 Å². The molecule has 0 saturated heterocycles. The van der Waals surface area contributed by atoms with E-state index in [0.717, 1.165) is 5.56 Å². The second-order valence-corrected chi connectivity index (χ2v) is 13.3. The summed E-state index contributed by atoms with van der Waals surface area (Å²) in [5.74, 6) is -3.99. The Labute approximate surface area is 207 Å². The molecule has 0 amide bonds. The van der Waals surface area contributed by atoms with Gasteiger partial charge in [-0.2, -0.15) is 0 Å². The normalized spacial score (nSPS) is 15.4. The number of hydrogen-bond acceptors (Lipinski definition) is 6. The van der Waals surface area contributed by atoms with Gasteiger partial charge in [-0.25, -0.2) is 13.1 Å². The predicted octanol–water partition coefficient (Wildman–Crippen LogP) is 3.56. The number of methoxy groups -OCH3 is 1. The summed E-state index contributed by atoms with van der Waals surface area (Å²) in [4.78, 5) is 22.9. The van der Waals surface area contributed by atoms with Crippen LogP contribution in [-0.2, 0) is 25.8 Å². The second-order valence-electron chi connectivity index (χ2n) is 8.97. The van der Waals surface area contributed by atoms with Crippen LogP contribution >= 0.6 is 7.37 Å². The minimum Gasteiger partial charge on any atom is -0.497 e. The van der Waals surface area contributed by atoms with Crippen molar-refractivity contribution >= 4 is 29.0 Å². The Hall–Kier alpha value is -2.39. The summed E-state index contributed by atoms with van der Waals surface area (Å²) >= 11 is 0. The Morgan fingerprint density at radius 2 is 1.80 bits per heavy atom. The molecule has 11 heteroatoms. The number of anilines is 1. The number of ether oxygens (including phenoxy) is 1. The van der Waals surface area contributed by atoms with E-state index in [0.29, 0.717) is 35.4 Å². The van der Waals surface area contributed by atoms with Crippen LogP contribution < -0.4 is 15.2 Å². The first-order valence-electron chi connectivity index (χ1n) is 11.3. The Morgan fingerprint density at radius 3 is 2.34 bits per heavy atom. The number of nitrogen functional groups attached to an aromatic ring is 1. The first-order valence-corrected chi connectivity index (χ1v) is 14.9. The van der Waals surface area contributed by atoms with Crippen molar-refractivity contribution in [3.63, 3.8) is 0 Å². The highest BCUT2D eigenvalue weighted by Crippen LogP contribution is 2.51. The van der Waals surface area contributed by atoms with Crippen molar-refractivity contribution < 1.29 is 32.5 Å². The van der Waals surface area contributed by atoms with Crippen LogP contribution in [0.2, 0.25) is 0 Å². The van der Waals surface area contributed by atoms with Crippen LogP contribution in [0.1, 0.15) is 42.9 Å². The van der Waals surface area contributed by atoms with Gasteiger partial charge in [0.05, 0.1) is 18.8 Å². The number of carboxylic acids is 1. The van der Waals surface area contributed by atoms with Crippen molar-refractivity contribution in [3.05, 3.63) is 59.2 Å². The number of nitrogens with two attached hydrogens (primary N) is 1. The molecule has 35 heavy (non-hydrogen) atoms. The molecule has 194 valence electrons. The van der Waals surface area contributed by atoms with Crippen molar-refractivity contribution in [2.45, 2.75) is 45.3 Å². The van der Waals surface area contributed by atoms with Crippen LogP contribution in [0.3, 0.4) is 0 Å². The molecule has 3 atom stereocenters. The maximum atomic E-state index is 13.4. The average molecular weight is 527 g/mol. The molecule has 0 aliphatic rings. The van der Waals surface area contributed by atoms with Crippen molar-refractivity contribution in [1.82, 2.24) is 4.72 Å². The van der Waals surface area contributed by atoms with E-state index in [1.54, 1.807) is 58.2 Å². The van der Waals surface area contributed by atoms with Crippen LogP contribution in [0.5, 0.6) is 5.75 Å². The van der Waals surface area contributed by atoms with Gasteiger partial charge in [0.2, 0.25) is 17.4 Å². The summed E-state index contributed by atoms with van der Waals surface area (Å²) in [6.45, 7) is 4.89. The molecule has 0 heterocycles. The fourth-order valence-electron chi connectivity index (χ4n) is 3.92. The van der Waals surface area contributed by atoms with E-state index >= 15 is 0 Å². The molecule has 5 N–H and O–H groups in total. The smallest absolute Gasteiger partial charge is 0.311 e. The fourth-order valence-corrected chi connectivity index (χ4v) is 8.38. The zero-order valence-electron chi connectivity index (χ0n) is 20.5. The monoisotopic (exact) mass is 526 g/mol. The average Bonchev–Trinajstić information content (AvgIpc) is 2.78. The van der Waals surface area contributed by atoms with Gasteiger partial charge in [-0.3, -0.25) is 9.36 Å².